The fourth-order valence-electron chi connectivity index (χ4n) is 2.32. The lowest BCUT2D eigenvalue weighted by Gasteiger charge is -2.34. The van der Waals surface area contributed by atoms with Crippen LogP contribution in [0.15, 0.2) is 17.5 Å². The molecular formula is C13H18N2O4S2. The van der Waals surface area contributed by atoms with Gasteiger partial charge in [-0.05, 0) is 17.9 Å². The van der Waals surface area contributed by atoms with Crippen molar-refractivity contribution in [2.75, 3.05) is 24.6 Å². The van der Waals surface area contributed by atoms with Gasteiger partial charge in [0.2, 0.25) is 11.8 Å². The maximum atomic E-state index is 12.3. The third-order valence-corrected chi connectivity index (χ3v) is 5.85. The zero-order chi connectivity index (χ0) is 15.5. The van der Waals surface area contributed by atoms with Crippen LogP contribution >= 0.6 is 11.3 Å². The Morgan fingerprint density at radius 1 is 1.52 bits per heavy atom. The van der Waals surface area contributed by atoms with Gasteiger partial charge in [-0.15, -0.1) is 11.3 Å². The van der Waals surface area contributed by atoms with Gasteiger partial charge in [0.1, 0.15) is 11.8 Å². The summed E-state index contributed by atoms with van der Waals surface area (Å²) in [6.07, 6.45) is 0.477. The molecule has 0 spiro atoms. The number of nitrogens with zero attached hydrogens (tertiary/aromatic N) is 1. The third kappa shape index (κ3) is 3.82. The van der Waals surface area contributed by atoms with Crippen LogP contribution in [0, 0.1) is 0 Å². The molecule has 1 aromatic rings. The summed E-state index contributed by atoms with van der Waals surface area (Å²) in [6, 6.07) is 2.86. The average Bonchev–Trinajstić information content (AvgIpc) is 2.91. The van der Waals surface area contributed by atoms with Crippen molar-refractivity contribution in [3.05, 3.63) is 22.4 Å². The SMILES string of the molecule is CCCS(=O)(=O)CC(=O)N1CCNC(=O)[C@@H]1c1cccs1. The van der Waals surface area contributed by atoms with Crippen LogP contribution in [0.1, 0.15) is 24.3 Å². The first-order chi connectivity index (χ1) is 9.94. The van der Waals surface area contributed by atoms with Gasteiger partial charge in [0.15, 0.2) is 9.84 Å². The number of nitrogens with one attached hydrogen (secondary N) is 1. The molecule has 8 heteroatoms. The van der Waals surface area contributed by atoms with E-state index in [1.807, 2.05) is 5.38 Å². The minimum atomic E-state index is -3.41. The van der Waals surface area contributed by atoms with Crippen LogP contribution in [0.2, 0.25) is 0 Å². The second-order valence-electron chi connectivity index (χ2n) is 4.89. The predicted octanol–water partition coefficient (Wildman–Crippen LogP) is 0.572. The molecule has 2 heterocycles. The van der Waals surface area contributed by atoms with Crippen molar-refractivity contribution in [2.24, 2.45) is 0 Å². The summed E-state index contributed by atoms with van der Waals surface area (Å²) in [5.74, 6) is -1.31. The van der Waals surface area contributed by atoms with Gasteiger partial charge in [-0.1, -0.05) is 13.0 Å². The van der Waals surface area contributed by atoms with Crippen LogP contribution in [-0.4, -0.2) is 49.7 Å². The van der Waals surface area contributed by atoms with Gasteiger partial charge in [-0.2, -0.15) is 0 Å². The lowest BCUT2D eigenvalue weighted by molar-refractivity contribution is -0.141. The molecule has 0 unspecified atom stereocenters. The van der Waals surface area contributed by atoms with E-state index >= 15 is 0 Å². The maximum Gasteiger partial charge on any atom is 0.248 e. The number of rotatable bonds is 5. The number of carbonyl (C=O) groups is 2. The Bertz CT molecular complexity index is 610. The molecular weight excluding hydrogens is 312 g/mol. The molecule has 1 aliphatic heterocycles. The van der Waals surface area contributed by atoms with Gasteiger partial charge in [-0.25, -0.2) is 8.42 Å². The Hall–Kier alpha value is -1.41. The van der Waals surface area contributed by atoms with Crippen molar-refractivity contribution in [1.29, 1.82) is 0 Å². The molecule has 0 bridgehead atoms. The van der Waals surface area contributed by atoms with E-state index in [1.54, 1.807) is 19.1 Å². The van der Waals surface area contributed by atoms with Crippen molar-refractivity contribution in [1.82, 2.24) is 10.2 Å². The first-order valence-corrected chi connectivity index (χ1v) is 9.45. The van der Waals surface area contributed by atoms with E-state index in [-0.39, 0.29) is 11.7 Å². The maximum absolute atomic E-state index is 12.3. The van der Waals surface area contributed by atoms with Crippen LogP contribution in [0.25, 0.3) is 0 Å². The second-order valence-corrected chi connectivity index (χ2v) is 8.05. The van der Waals surface area contributed by atoms with Crippen LogP contribution in [0.3, 0.4) is 0 Å². The van der Waals surface area contributed by atoms with Gasteiger partial charge >= 0.3 is 0 Å². The van der Waals surface area contributed by atoms with Gasteiger partial charge in [0.25, 0.3) is 0 Å². The highest BCUT2D eigenvalue weighted by atomic mass is 32.2. The van der Waals surface area contributed by atoms with E-state index in [9.17, 15) is 18.0 Å². The Labute approximate surface area is 128 Å². The molecule has 2 amide bonds. The minimum absolute atomic E-state index is 0.0115. The van der Waals surface area contributed by atoms with E-state index in [1.165, 1.54) is 16.2 Å². The van der Waals surface area contributed by atoms with Crippen LogP contribution < -0.4 is 5.32 Å². The Morgan fingerprint density at radius 2 is 2.29 bits per heavy atom. The van der Waals surface area contributed by atoms with E-state index in [0.717, 1.165) is 4.88 Å². The molecule has 1 saturated heterocycles. The summed E-state index contributed by atoms with van der Waals surface area (Å²) < 4.78 is 23.6. The highest BCUT2D eigenvalue weighted by Crippen LogP contribution is 2.27. The fraction of sp³-hybridized carbons (Fsp3) is 0.538. The van der Waals surface area contributed by atoms with E-state index in [2.05, 4.69) is 5.32 Å². The summed E-state index contributed by atoms with van der Waals surface area (Å²) in [4.78, 5) is 26.5. The smallest absolute Gasteiger partial charge is 0.248 e. The molecule has 0 radical (unpaired) electrons. The molecule has 6 nitrogen and oxygen atoms in total. The summed E-state index contributed by atoms with van der Waals surface area (Å²) in [6.45, 7) is 2.43. The number of hydrogen-bond donors (Lipinski definition) is 1. The summed E-state index contributed by atoms with van der Waals surface area (Å²) in [5, 5.41) is 4.54. The number of thiophene rings is 1. The lowest BCUT2D eigenvalue weighted by atomic mass is 10.1. The zero-order valence-electron chi connectivity index (χ0n) is 11.7. The monoisotopic (exact) mass is 330 g/mol. The van der Waals surface area contributed by atoms with Gasteiger partial charge in [0.05, 0.1) is 5.75 Å². The summed E-state index contributed by atoms with van der Waals surface area (Å²) >= 11 is 1.38. The van der Waals surface area contributed by atoms with Crippen molar-refractivity contribution in [3.63, 3.8) is 0 Å². The van der Waals surface area contributed by atoms with Gasteiger partial charge in [0, 0.05) is 18.0 Å². The molecule has 1 aliphatic rings. The van der Waals surface area contributed by atoms with E-state index in [0.29, 0.717) is 19.5 Å². The average molecular weight is 330 g/mol. The molecule has 1 atom stereocenters. The molecule has 0 aromatic carbocycles. The number of amides is 2. The Morgan fingerprint density at radius 3 is 2.90 bits per heavy atom. The highest BCUT2D eigenvalue weighted by Gasteiger charge is 2.36. The zero-order valence-corrected chi connectivity index (χ0v) is 13.4. The fourth-order valence-corrected chi connectivity index (χ4v) is 4.46. The topological polar surface area (TPSA) is 83.6 Å². The quantitative estimate of drug-likeness (QED) is 0.856. The summed E-state index contributed by atoms with van der Waals surface area (Å²) in [7, 11) is -3.41. The molecule has 1 N–H and O–H groups in total. The first-order valence-electron chi connectivity index (χ1n) is 6.75. The van der Waals surface area contributed by atoms with E-state index < -0.39 is 27.5 Å². The van der Waals surface area contributed by atoms with Gasteiger partial charge < -0.3 is 10.2 Å². The lowest BCUT2D eigenvalue weighted by Crippen LogP contribution is -2.53. The first kappa shape index (κ1) is 16.0. The number of carbonyl (C=O) groups excluding carboxylic acids is 2. The predicted molar refractivity (Wildman–Crippen MR) is 80.7 cm³/mol. The van der Waals surface area contributed by atoms with Crippen molar-refractivity contribution >= 4 is 33.0 Å². The molecule has 116 valence electrons. The molecule has 1 fully saturated rings. The molecule has 2 rings (SSSR count). The summed E-state index contributed by atoms with van der Waals surface area (Å²) in [5.41, 5.74) is 0. The van der Waals surface area contributed by atoms with Crippen LogP contribution in [-0.2, 0) is 19.4 Å². The number of hydrogen-bond acceptors (Lipinski definition) is 5. The second kappa shape index (κ2) is 6.57. The van der Waals surface area contributed by atoms with E-state index in [4.69, 9.17) is 0 Å². The van der Waals surface area contributed by atoms with Gasteiger partial charge in [-0.3, -0.25) is 9.59 Å². The molecule has 21 heavy (non-hydrogen) atoms. The largest absolute Gasteiger partial charge is 0.352 e. The van der Waals surface area contributed by atoms with Crippen LogP contribution in [0.4, 0.5) is 0 Å². The van der Waals surface area contributed by atoms with Crippen LogP contribution in [0.5, 0.6) is 0 Å². The Kier molecular flexibility index (Phi) is 5.00. The number of piperazine rings is 1. The minimum Gasteiger partial charge on any atom is -0.352 e. The standard InChI is InChI=1S/C13H18N2O4S2/c1-2-8-21(18,19)9-11(16)15-6-5-14-13(17)12(15)10-4-3-7-20-10/h3-4,7,12H,2,5-6,8-9H2,1H3,(H,14,17)/t12-/m0/s1. The van der Waals surface area contributed by atoms with Crippen molar-refractivity contribution in [2.45, 2.75) is 19.4 Å². The normalized spacial score (nSPS) is 19.4. The number of sulfone groups is 1. The van der Waals surface area contributed by atoms with Crippen molar-refractivity contribution in [3.8, 4) is 0 Å². The highest BCUT2D eigenvalue weighted by molar-refractivity contribution is 7.92. The third-order valence-electron chi connectivity index (χ3n) is 3.20. The molecule has 0 aliphatic carbocycles. The molecule has 1 aromatic heterocycles. The molecule has 0 saturated carbocycles. The Balaban J connectivity index is 2.19. The van der Waals surface area contributed by atoms with Crippen molar-refractivity contribution < 1.29 is 18.0 Å².